The van der Waals surface area contributed by atoms with Crippen molar-refractivity contribution in [3.05, 3.63) is 22.7 Å². The van der Waals surface area contributed by atoms with Crippen LogP contribution >= 0.6 is 23.2 Å². The highest BCUT2D eigenvalue weighted by Crippen LogP contribution is 2.42. The SMILES string of the molecule is CCCCCCCCCCCCOc1cc(Nc2nc(Cl)nc(Cl)n2)cc(OCCCCCCCCCCCC)c1OCCCCCCCCCCCC. The number of anilines is 2. The van der Waals surface area contributed by atoms with Gasteiger partial charge in [-0.2, -0.15) is 15.0 Å². The quantitative estimate of drug-likeness (QED) is 0.0678. The van der Waals surface area contributed by atoms with E-state index in [1.165, 1.54) is 161 Å². The van der Waals surface area contributed by atoms with Crippen LogP contribution in [0, 0.1) is 0 Å². The number of hydrogen-bond acceptors (Lipinski definition) is 7. The van der Waals surface area contributed by atoms with Crippen LogP contribution in [0.2, 0.25) is 10.6 Å². The van der Waals surface area contributed by atoms with Crippen LogP contribution in [0.25, 0.3) is 0 Å². The summed E-state index contributed by atoms with van der Waals surface area (Å²) in [6.07, 6.45) is 38.5. The van der Waals surface area contributed by atoms with Gasteiger partial charge in [0.05, 0.1) is 19.8 Å². The number of ether oxygens (including phenoxy) is 3. The van der Waals surface area contributed by atoms with Crippen LogP contribution in [0.1, 0.15) is 213 Å². The molecule has 0 amide bonds. The fourth-order valence-corrected chi connectivity index (χ4v) is 7.19. The van der Waals surface area contributed by atoms with Gasteiger partial charge < -0.3 is 19.5 Å². The zero-order valence-electron chi connectivity index (χ0n) is 34.8. The molecule has 0 spiro atoms. The number of aromatic nitrogens is 3. The third kappa shape index (κ3) is 25.2. The normalized spacial score (nSPS) is 11.3. The molecule has 0 aliphatic carbocycles. The first-order valence-corrected chi connectivity index (χ1v) is 23.2. The molecule has 0 aliphatic heterocycles. The minimum Gasteiger partial charge on any atom is -0.489 e. The molecule has 0 saturated carbocycles. The van der Waals surface area contributed by atoms with Crippen molar-refractivity contribution in [3.8, 4) is 17.2 Å². The van der Waals surface area contributed by atoms with E-state index in [1.54, 1.807) is 0 Å². The summed E-state index contributed by atoms with van der Waals surface area (Å²) >= 11 is 12.2. The summed E-state index contributed by atoms with van der Waals surface area (Å²) in [4.78, 5) is 12.3. The summed E-state index contributed by atoms with van der Waals surface area (Å²) in [5.41, 5.74) is 0.718. The van der Waals surface area contributed by atoms with E-state index in [1.807, 2.05) is 12.1 Å². The molecule has 0 radical (unpaired) electrons. The molecule has 7 nitrogen and oxygen atoms in total. The molecule has 2 rings (SSSR count). The highest BCUT2D eigenvalue weighted by atomic mass is 35.5. The summed E-state index contributed by atoms with van der Waals surface area (Å²) in [5, 5.41) is 3.31. The molecule has 1 heterocycles. The Morgan fingerprint density at radius 1 is 0.407 bits per heavy atom. The maximum atomic E-state index is 6.52. The lowest BCUT2D eigenvalue weighted by molar-refractivity contribution is 0.234. The molecule has 310 valence electrons. The van der Waals surface area contributed by atoms with E-state index in [9.17, 15) is 0 Å². The fraction of sp³-hybridized carbons (Fsp3) is 0.800. The number of unbranched alkanes of at least 4 members (excludes halogenated alkanes) is 27. The van der Waals surface area contributed by atoms with Crippen molar-refractivity contribution < 1.29 is 14.2 Å². The van der Waals surface area contributed by atoms with Crippen LogP contribution in [-0.2, 0) is 0 Å². The Kier molecular flexibility index (Phi) is 30.6. The lowest BCUT2D eigenvalue weighted by Crippen LogP contribution is -2.08. The molecule has 2 aromatic rings. The number of hydrogen-bond donors (Lipinski definition) is 1. The van der Waals surface area contributed by atoms with E-state index in [0.717, 1.165) is 37.8 Å². The number of nitrogens with one attached hydrogen (secondary N) is 1. The highest BCUT2D eigenvalue weighted by Gasteiger charge is 2.17. The second-order valence-electron chi connectivity index (χ2n) is 15.2. The molecule has 9 heteroatoms. The number of rotatable bonds is 38. The molecular formula is C45H78Cl2N4O3. The second kappa shape index (κ2) is 34.3. The average Bonchev–Trinajstić information content (AvgIpc) is 3.15. The maximum absolute atomic E-state index is 6.52. The van der Waals surface area contributed by atoms with Gasteiger partial charge in [0.15, 0.2) is 11.5 Å². The molecule has 0 fully saturated rings. The van der Waals surface area contributed by atoms with E-state index in [-0.39, 0.29) is 16.5 Å². The van der Waals surface area contributed by atoms with Gasteiger partial charge in [-0.05, 0) is 42.5 Å². The zero-order valence-corrected chi connectivity index (χ0v) is 36.3. The lowest BCUT2D eigenvalue weighted by Gasteiger charge is -2.19. The first kappa shape index (κ1) is 48.2. The van der Waals surface area contributed by atoms with Gasteiger partial charge in [0.2, 0.25) is 22.3 Å². The van der Waals surface area contributed by atoms with Crippen LogP contribution in [-0.4, -0.2) is 34.8 Å². The lowest BCUT2D eigenvalue weighted by atomic mass is 10.1. The van der Waals surface area contributed by atoms with Crippen LogP contribution < -0.4 is 19.5 Å². The van der Waals surface area contributed by atoms with Crippen molar-refractivity contribution in [2.75, 3.05) is 25.1 Å². The van der Waals surface area contributed by atoms with E-state index in [4.69, 9.17) is 37.4 Å². The standard InChI is InChI=1S/C45H78Cl2N4O3/c1-4-7-10-13-16-19-22-25-28-31-34-52-40-37-39(48-45-50-43(46)49-44(47)51-45)38-41(53-35-32-29-26-23-20-17-14-11-8-5-2)42(40)54-36-33-30-27-24-21-18-15-12-9-6-3/h37-38H,4-36H2,1-3H3,(H,48,49,50,51). The van der Waals surface area contributed by atoms with Crippen molar-refractivity contribution in [2.45, 2.75) is 213 Å². The molecule has 1 N–H and O–H groups in total. The molecule has 0 atom stereocenters. The van der Waals surface area contributed by atoms with Gasteiger partial charge in [0, 0.05) is 17.8 Å². The van der Waals surface area contributed by atoms with Crippen molar-refractivity contribution >= 4 is 34.8 Å². The summed E-state index contributed by atoms with van der Waals surface area (Å²) in [7, 11) is 0. The third-order valence-corrected chi connectivity index (χ3v) is 10.5. The topological polar surface area (TPSA) is 78.4 Å². The Hall–Kier alpha value is -1.99. The fourth-order valence-electron chi connectivity index (χ4n) is 6.82. The monoisotopic (exact) mass is 793 g/mol. The van der Waals surface area contributed by atoms with Gasteiger partial charge in [0.25, 0.3) is 0 Å². The Labute approximate surface area is 341 Å². The summed E-state index contributed by atoms with van der Waals surface area (Å²) in [6.45, 7) is 8.70. The third-order valence-electron chi connectivity index (χ3n) is 10.1. The van der Waals surface area contributed by atoms with Crippen LogP contribution in [0.4, 0.5) is 11.6 Å². The van der Waals surface area contributed by atoms with Gasteiger partial charge in [-0.1, -0.05) is 194 Å². The molecule has 1 aromatic carbocycles. The van der Waals surface area contributed by atoms with Crippen molar-refractivity contribution in [1.29, 1.82) is 0 Å². The second-order valence-corrected chi connectivity index (χ2v) is 15.9. The summed E-state index contributed by atoms with van der Waals surface area (Å²) < 4.78 is 19.5. The van der Waals surface area contributed by atoms with Crippen LogP contribution in [0.3, 0.4) is 0 Å². The van der Waals surface area contributed by atoms with Gasteiger partial charge in [0.1, 0.15) is 0 Å². The Morgan fingerprint density at radius 2 is 0.704 bits per heavy atom. The Balaban J connectivity index is 2.03. The van der Waals surface area contributed by atoms with Crippen molar-refractivity contribution in [2.24, 2.45) is 0 Å². The van der Waals surface area contributed by atoms with Gasteiger partial charge in [-0.3, -0.25) is 0 Å². The first-order valence-electron chi connectivity index (χ1n) is 22.5. The van der Waals surface area contributed by atoms with E-state index < -0.39 is 0 Å². The van der Waals surface area contributed by atoms with Gasteiger partial charge in [-0.25, -0.2) is 0 Å². The van der Waals surface area contributed by atoms with Crippen molar-refractivity contribution in [3.63, 3.8) is 0 Å². The molecule has 0 saturated heterocycles. The van der Waals surface area contributed by atoms with Gasteiger partial charge >= 0.3 is 0 Å². The Bertz CT molecular complexity index is 1100. The minimum absolute atomic E-state index is 0.0313. The minimum atomic E-state index is 0.0313. The van der Waals surface area contributed by atoms with Crippen LogP contribution in [0.15, 0.2) is 12.1 Å². The summed E-state index contributed by atoms with van der Waals surface area (Å²) in [6, 6.07) is 3.90. The Morgan fingerprint density at radius 3 is 1.04 bits per heavy atom. The molecule has 0 aliphatic rings. The van der Waals surface area contributed by atoms with E-state index in [2.05, 4.69) is 41.0 Å². The molecule has 0 bridgehead atoms. The predicted molar refractivity (Wildman–Crippen MR) is 232 cm³/mol. The van der Waals surface area contributed by atoms with Crippen LogP contribution in [0.5, 0.6) is 17.2 Å². The maximum Gasteiger partial charge on any atom is 0.232 e. The van der Waals surface area contributed by atoms with Crippen molar-refractivity contribution in [1.82, 2.24) is 15.0 Å². The molecular weight excluding hydrogens is 715 g/mol. The zero-order chi connectivity index (χ0) is 38.7. The number of nitrogens with zero attached hydrogens (tertiary/aromatic N) is 3. The van der Waals surface area contributed by atoms with E-state index in [0.29, 0.717) is 37.1 Å². The highest BCUT2D eigenvalue weighted by molar-refractivity contribution is 6.31. The smallest absolute Gasteiger partial charge is 0.232 e. The molecule has 0 unspecified atom stereocenters. The number of halogens is 2. The number of benzene rings is 1. The van der Waals surface area contributed by atoms with Gasteiger partial charge in [-0.15, -0.1) is 0 Å². The molecule has 54 heavy (non-hydrogen) atoms. The summed E-state index contributed by atoms with van der Waals surface area (Å²) in [5.74, 6) is 2.29. The van der Waals surface area contributed by atoms with E-state index >= 15 is 0 Å². The predicted octanol–water partition coefficient (Wildman–Crippen LogP) is 15.8. The molecule has 1 aromatic heterocycles. The largest absolute Gasteiger partial charge is 0.489 e. The first-order chi connectivity index (χ1) is 26.6. The average molecular weight is 794 g/mol.